The minimum absolute atomic E-state index is 0.132. The van der Waals surface area contributed by atoms with Crippen LogP contribution in [0.4, 0.5) is 0 Å². The average Bonchev–Trinajstić information content (AvgIpc) is 2.53. The number of ether oxygens (including phenoxy) is 1. The van der Waals surface area contributed by atoms with Crippen molar-refractivity contribution >= 4 is 11.9 Å². The Morgan fingerprint density at radius 1 is 1.04 bits per heavy atom. The van der Waals surface area contributed by atoms with Crippen LogP contribution in [0.25, 0.3) is 0 Å². The third-order valence-corrected chi connectivity index (χ3v) is 6.44. The molecule has 0 aliphatic heterocycles. The molecule has 0 atom stereocenters. The van der Waals surface area contributed by atoms with Crippen molar-refractivity contribution in [3.63, 3.8) is 0 Å². The molecule has 25 heavy (non-hydrogen) atoms. The number of esters is 1. The number of hydrogen-bond donors (Lipinski definition) is 1. The lowest BCUT2D eigenvalue weighted by atomic mass is 9.48. The van der Waals surface area contributed by atoms with Crippen LogP contribution >= 0.6 is 0 Å². The van der Waals surface area contributed by atoms with Gasteiger partial charge in [0, 0.05) is 13.5 Å². The summed E-state index contributed by atoms with van der Waals surface area (Å²) in [5.74, 6) is 2.94. The van der Waals surface area contributed by atoms with Gasteiger partial charge in [-0.2, -0.15) is 0 Å². The molecular weight excluding hydrogens is 314 g/mol. The Hall–Kier alpha value is -1.84. The van der Waals surface area contributed by atoms with Gasteiger partial charge in [-0.05, 0) is 79.4 Å². The van der Waals surface area contributed by atoms with Crippen LogP contribution in [0.15, 0.2) is 24.3 Å². The first-order valence-electron chi connectivity index (χ1n) is 9.58. The van der Waals surface area contributed by atoms with E-state index in [2.05, 4.69) is 17.4 Å². The summed E-state index contributed by atoms with van der Waals surface area (Å²) >= 11 is 0. The second-order valence-corrected chi connectivity index (χ2v) is 8.43. The first-order valence-corrected chi connectivity index (χ1v) is 9.58. The zero-order valence-corrected chi connectivity index (χ0v) is 14.9. The van der Waals surface area contributed by atoms with Crippen molar-refractivity contribution in [2.75, 3.05) is 6.54 Å². The highest BCUT2D eigenvalue weighted by Gasteiger charge is 2.51. The predicted molar refractivity (Wildman–Crippen MR) is 95.2 cm³/mol. The summed E-state index contributed by atoms with van der Waals surface area (Å²) in [5, 5.41) is 2.61. The molecule has 4 nitrogen and oxygen atoms in total. The minimum atomic E-state index is -0.309. The van der Waals surface area contributed by atoms with Crippen molar-refractivity contribution in [3.05, 3.63) is 29.8 Å². The second-order valence-electron chi connectivity index (χ2n) is 8.43. The summed E-state index contributed by atoms with van der Waals surface area (Å²) < 4.78 is 5.38. The van der Waals surface area contributed by atoms with E-state index in [9.17, 15) is 9.59 Å². The van der Waals surface area contributed by atoms with Crippen molar-refractivity contribution < 1.29 is 14.3 Å². The summed E-state index contributed by atoms with van der Waals surface area (Å²) in [7, 11) is 0. The molecule has 4 aliphatic carbocycles. The number of nitrogens with one attached hydrogen (secondary N) is 1. The minimum Gasteiger partial charge on any atom is -0.426 e. The quantitative estimate of drug-likeness (QED) is 0.658. The van der Waals surface area contributed by atoms with E-state index < -0.39 is 0 Å². The molecule has 134 valence electrons. The first-order chi connectivity index (χ1) is 12.0. The van der Waals surface area contributed by atoms with Gasteiger partial charge in [0.1, 0.15) is 5.75 Å². The van der Waals surface area contributed by atoms with Crippen molar-refractivity contribution in [1.29, 1.82) is 0 Å². The highest BCUT2D eigenvalue weighted by atomic mass is 16.5. The van der Waals surface area contributed by atoms with Crippen molar-refractivity contribution in [3.8, 4) is 5.75 Å². The summed E-state index contributed by atoms with van der Waals surface area (Å²) in [5.41, 5.74) is 1.81. The van der Waals surface area contributed by atoms with Gasteiger partial charge in [-0.25, -0.2) is 0 Å². The second kappa shape index (κ2) is 6.47. The molecule has 1 N–H and O–H groups in total. The topological polar surface area (TPSA) is 55.4 Å². The molecule has 4 saturated carbocycles. The Morgan fingerprint density at radius 2 is 1.60 bits per heavy atom. The van der Waals surface area contributed by atoms with Gasteiger partial charge in [-0.1, -0.05) is 12.1 Å². The number of rotatable bonds is 5. The third kappa shape index (κ3) is 3.44. The van der Waals surface area contributed by atoms with Crippen molar-refractivity contribution in [2.24, 2.45) is 17.8 Å². The fourth-order valence-corrected chi connectivity index (χ4v) is 5.86. The molecular formula is C21H27NO3. The molecule has 4 heteroatoms. The molecule has 0 saturated heterocycles. The molecule has 0 unspecified atom stereocenters. The number of amides is 1. The third-order valence-electron chi connectivity index (χ3n) is 6.44. The smallest absolute Gasteiger partial charge is 0.312 e. The summed E-state index contributed by atoms with van der Waals surface area (Å²) in [6, 6.07) is 8.21. The number of carbonyl (C=O) groups is 2. The average molecular weight is 341 g/mol. The summed E-state index contributed by atoms with van der Waals surface area (Å²) in [6.07, 6.45) is 8.56. The molecule has 0 spiro atoms. The molecule has 1 aromatic carbocycles. The maximum atomic E-state index is 11.8. The molecule has 0 aromatic heterocycles. The van der Waals surface area contributed by atoms with Gasteiger partial charge in [0.25, 0.3) is 0 Å². The Kier molecular flexibility index (Phi) is 4.30. The normalized spacial score (nSPS) is 32.4. The van der Waals surface area contributed by atoms with Gasteiger partial charge < -0.3 is 10.1 Å². The molecule has 0 radical (unpaired) electrons. The maximum Gasteiger partial charge on any atom is 0.312 e. The molecule has 4 aliphatic rings. The number of hydrogen-bond acceptors (Lipinski definition) is 3. The van der Waals surface area contributed by atoms with Crippen LogP contribution in [-0.2, 0) is 15.0 Å². The number of carbonyl (C=O) groups excluding carboxylic acids is 2. The van der Waals surface area contributed by atoms with Crippen molar-refractivity contribution in [1.82, 2.24) is 5.32 Å². The van der Waals surface area contributed by atoms with Crippen LogP contribution in [0.1, 0.15) is 57.4 Å². The van der Waals surface area contributed by atoms with E-state index in [1.165, 1.54) is 51.0 Å². The van der Waals surface area contributed by atoms with Crippen LogP contribution in [-0.4, -0.2) is 18.4 Å². The zero-order valence-electron chi connectivity index (χ0n) is 14.9. The molecule has 1 aromatic rings. The monoisotopic (exact) mass is 341 g/mol. The first kappa shape index (κ1) is 16.6. The van der Waals surface area contributed by atoms with Crippen LogP contribution in [0.5, 0.6) is 5.75 Å². The van der Waals surface area contributed by atoms with E-state index in [0.29, 0.717) is 17.7 Å². The SMILES string of the molecule is CC(=O)NCCC(=O)Oc1ccc(C23CC4CC(CC(C4)C2)C3)cc1. The number of benzene rings is 1. The van der Waals surface area contributed by atoms with Gasteiger partial charge in [0.2, 0.25) is 5.91 Å². The standard InChI is InChI=1S/C21H27NO3/c1-14(23)22-7-6-20(24)25-19-4-2-18(3-5-19)21-11-15-8-16(12-21)10-17(9-15)13-21/h2-5,15-17H,6-13H2,1H3,(H,22,23). The fraction of sp³-hybridized carbons (Fsp3) is 0.619. The van der Waals surface area contributed by atoms with Crippen molar-refractivity contribution in [2.45, 2.75) is 57.3 Å². The summed E-state index contributed by atoms with van der Waals surface area (Å²) in [6.45, 7) is 1.76. The maximum absolute atomic E-state index is 11.8. The molecule has 1 amide bonds. The van der Waals surface area contributed by atoms with Crippen LogP contribution in [0.3, 0.4) is 0 Å². The molecule has 5 rings (SSSR count). The van der Waals surface area contributed by atoms with E-state index in [1.807, 2.05) is 12.1 Å². The molecule has 4 fully saturated rings. The Labute approximate surface area is 149 Å². The largest absolute Gasteiger partial charge is 0.426 e. The Morgan fingerprint density at radius 3 is 2.12 bits per heavy atom. The molecule has 4 bridgehead atoms. The van der Waals surface area contributed by atoms with E-state index in [1.54, 1.807) is 0 Å². The lowest BCUT2D eigenvalue weighted by Crippen LogP contribution is -2.48. The Balaban J connectivity index is 1.39. The van der Waals surface area contributed by atoms with Gasteiger partial charge in [0.05, 0.1) is 6.42 Å². The lowest BCUT2D eigenvalue weighted by molar-refractivity contribution is -0.134. The molecule has 0 heterocycles. The van der Waals surface area contributed by atoms with E-state index in [-0.39, 0.29) is 18.3 Å². The fourth-order valence-electron chi connectivity index (χ4n) is 5.86. The predicted octanol–water partition coefficient (Wildman–Crippen LogP) is 3.59. The van der Waals surface area contributed by atoms with Crippen LogP contribution in [0.2, 0.25) is 0 Å². The van der Waals surface area contributed by atoms with E-state index in [0.717, 1.165) is 17.8 Å². The summed E-state index contributed by atoms with van der Waals surface area (Å²) in [4.78, 5) is 22.6. The lowest BCUT2D eigenvalue weighted by Gasteiger charge is -2.57. The van der Waals surface area contributed by atoms with Crippen LogP contribution < -0.4 is 10.1 Å². The highest BCUT2D eigenvalue weighted by Crippen LogP contribution is 2.60. The van der Waals surface area contributed by atoms with Gasteiger partial charge in [0.15, 0.2) is 0 Å². The van der Waals surface area contributed by atoms with E-state index >= 15 is 0 Å². The Bertz CT molecular complexity index is 629. The van der Waals surface area contributed by atoms with Gasteiger partial charge >= 0.3 is 5.97 Å². The van der Waals surface area contributed by atoms with Crippen LogP contribution in [0, 0.1) is 17.8 Å². The zero-order chi connectivity index (χ0) is 17.4. The highest BCUT2D eigenvalue weighted by molar-refractivity contribution is 5.75. The van der Waals surface area contributed by atoms with E-state index in [4.69, 9.17) is 4.74 Å². The van der Waals surface area contributed by atoms with Gasteiger partial charge in [-0.3, -0.25) is 9.59 Å². The van der Waals surface area contributed by atoms with Gasteiger partial charge in [-0.15, -0.1) is 0 Å².